The second-order valence-corrected chi connectivity index (χ2v) is 3.14. The van der Waals surface area contributed by atoms with Crippen LogP contribution in [-0.2, 0) is 4.74 Å². The van der Waals surface area contributed by atoms with E-state index in [2.05, 4.69) is 25.6 Å². The molecule has 0 aromatic rings. The van der Waals surface area contributed by atoms with Crippen molar-refractivity contribution in [1.82, 2.24) is 0 Å². The van der Waals surface area contributed by atoms with E-state index in [1.54, 1.807) is 0 Å². The molecule has 0 aromatic carbocycles. The Morgan fingerprint density at radius 2 is 1.85 bits per heavy atom. The molecule has 0 heterocycles. The molecule has 0 unspecified atom stereocenters. The van der Waals surface area contributed by atoms with Gasteiger partial charge < -0.3 is 31.9 Å². The Bertz CT molecular complexity index is 149. The number of quaternary nitrogens is 1. The third kappa shape index (κ3) is 6.83. The summed E-state index contributed by atoms with van der Waals surface area (Å²) >= 11 is 0. The number of likely N-dealkylation sites (N-methyl/N-ethyl adjacent to an activating group) is 1. The van der Waals surface area contributed by atoms with Gasteiger partial charge in [-0.25, -0.2) is 4.79 Å². The smallest absolute Gasteiger partial charge is 0.404 e. The van der Waals surface area contributed by atoms with E-state index in [-0.39, 0.29) is 17.0 Å². The number of rotatable bonds is 5. The Hall–Kier alpha value is -0.290. The number of amides is 1. The molecule has 0 radical (unpaired) electrons. The normalized spacial score (nSPS) is 10.4. The second-order valence-electron chi connectivity index (χ2n) is 3.14. The van der Waals surface area contributed by atoms with E-state index in [0.29, 0.717) is 6.61 Å². The molecule has 13 heavy (non-hydrogen) atoms. The summed E-state index contributed by atoms with van der Waals surface area (Å²) in [6.45, 7) is 7.56. The number of nitrogens with two attached hydrogens (primary N) is 1. The van der Waals surface area contributed by atoms with Gasteiger partial charge in [0.05, 0.1) is 20.1 Å². The van der Waals surface area contributed by atoms with E-state index in [9.17, 15) is 4.79 Å². The minimum atomic E-state index is -0.686. The van der Waals surface area contributed by atoms with Gasteiger partial charge in [-0.15, -0.1) is 0 Å². The van der Waals surface area contributed by atoms with Crippen LogP contribution in [0.15, 0.2) is 0 Å². The van der Waals surface area contributed by atoms with Crippen LogP contribution in [0.5, 0.6) is 0 Å². The van der Waals surface area contributed by atoms with E-state index in [4.69, 9.17) is 5.73 Å². The summed E-state index contributed by atoms with van der Waals surface area (Å²) in [4.78, 5) is 10.3. The van der Waals surface area contributed by atoms with E-state index >= 15 is 0 Å². The molecular formula is C8H19BrN2O2. The van der Waals surface area contributed by atoms with Crippen molar-refractivity contribution < 1.29 is 31.0 Å². The van der Waals surface area contributed by atoms with Gasteiger partial charge in [-0.05, 0) is 13.8 Å². The van der Waals surface area contributed by atoms with Crippen LogP contribution >= 0.6 is 0 Å². The molecule has 1 amide bonds. The van der Waals surface area contributed by atoms with Gasteiger partial charge in [-0.3, -0.25) is 0 Å². The molecule has 4 nitrogen and oxygen atoms in total. The molecule has 0 aromatic heterocycles. The quantitative estimate of drug-likeness (QED) is 0.555. The van der Waals surface area contributed by atoms with E-state index in [0.717, 1.165) is 24.1 Å². The summed E-state index contributed by atoms with van der Waals surface area (Å²) in [5.74, 6) is 0. The molecule has 0 saturated heterocycles. The van der Waals surface area contributed by atoms with Gasteiger partial charge in [0.2, 0.25) is 0 Å². The van der Waals surface area contributed by atoms with Gasteiger partial charge >= 0.3 is 6.09 Å². The lowest BCUT2D eigenvalue weighted by Gasteiger charge is -2.31. The first kappa shape index (κ1) is 15.2. The van der Waals surface area contributed by atoms with Crippen molar-refractivity contribution >= 4 is 6.09 Å². The van der Waals surface area contributed by atoms with Crippen molar-refractivity contribution in [1.29, 1.82) is 0 Å². The van der Waals surface area contributed by atoms with Crippen LogP contribution in [0.2, 0.25) is 0 Å². The van der Waals surface area contributed by atoms with Crippen LogP contribution < -0.4 is 22.7 Å². The van der Waals surface area contributed by atoms with Crippen LogP contribution in [0.4, 0.5) is 4.79 Å². The Kier molecular flexibility index (Phi) is 8.35. The Balaban J connectivity index is 0. The molecule has 2 N–H and O–H groups in total. The van der Waals surface area contributed by atoms with Crippen molar-refractivity contribution in [3.63, 3.8) is 0 Å². The van der Waals surface area contributed by atoms with Gasteiger partial charge in [-0.1, -0.05) is 0 Å². The third-order valence-corrected chi connectivity index (χ3v) is 2.40. The van der Waals surface area contributed by atoms with Crippen LogP contribution in [0.1, 0.15) is 13.8 Å². The number of carbonyl (C=O) groups excluding carboxylic acids is 1. The standard InChI is InChI=1S/C8H18N2O2.BrH/c1-4-10(3,5-2)6-7-12-8(9)11;/h4-7H2,1-3H3,(H-,9,11);1H. The molecule has 0 atom stereocenters. The van der Waals surface area contributed by atoms with E-state index < -0.39 is 6.09 Å². The largest absolute Gasteiger partial charge is 1.00 e. The summed E-state index contributed by atoms with van der Waals surface area (Å²) in [5.41, 5.74) is 4.84. The maximum absolute atomic E-state index is 10.3. The molecule has 0 fully saturated rings. The van der Waals surface area contributed by atoms with Gasteiger partial charge in [0, 0.05) is 0 Å². The lowest BCUT2D eigenvalue weighted by Crippen LogP contribution is -3.00. The van der Waals surface area contributed by atoms with E-state index in [1.807, 2.05) is 0 Å². The molecule has 0 spiro atoms. The predicted octanol–water partition coefficient (Wildman–Crippen LogP) is -2.43. The Morgan fingerprint density at radius 3 is 2.15 bits per heavy atom. The monoisotopic (exact) mass is 254 g/mol. The van der Waals surface area contributed by atoms with Gasteiger partial charge in [0.1, 0.15) is 13.2 Å². The Labute approximate surface area is 90.4 Å². The van der Waals surface area contributed by atoms with Crippen molar-refractivity contribution in [3.05, 3.63) is 0 Å². The maximum Gasteiger partial charge on any atom is 0.404 e. The maximum atomic E-state index is 10.3. The molecule has 0 aliphatic carbocycles. The number of hydrogen-bond donors (Lipinski definition) is 1. The third-order valence-electron chi connectivity index (χ3n) is 2.40. The minimum absolute atomic E-state index is 0. The molecule has 0 aliphatic rings. The fourth-order valence-corrected chi connectivity index (χ4v) is 0.906. The summed E-state index contributed by atoms with van der Waals surface area (Å²) in [6, 6.07) is 0. The summed E-state index contributed by atoms with van der Waals surface area (Å²) in [6.07, 6.45) is -0.686. The molecule has 0 bridgehead atoms. The zero-order chi connectivity index (χ0) is 9.61. The SMILES string of the molecule is CC[N+](C)(CC)CCOC(N)=O.[Br-]. The number of hydrogen-bond acceptors (Lipinski definition) is 2. The van der Waals surface area contributed by atoms with Crippen molar-refractivity contribution in [2.24, 2.45) is 5.73 Å². The highest BCUT2D eigenvalue weighted by molar-refractivity contribution is 5.64. The van der Waals surface area contributed by atoms with Crippen LogP contribution in [0.25, 0.3) is 0 Å². The fourth-order valence-electron chi connectivity index (χ4n) is 0.906. The number of carbonyl (C=O) groups is 1. The molecule has 80 valence electrons. The highest BCUT2D eigenvalue weighted by Crippen LogP contribution is 1.99. The number of primary amides is 1. The lowest BCUT2D eigenvalue weighted by atomic mass is 10.4. The molecule has 0 aliphatic heterocycles. The summed E-state index contributed by atoms with van der Waals surface area (Å²) in [5, 5.41) is 0. The average Bonchev–Trinajstić information content (AvgIpc) is 2.03. The number of ether oxygens (including phenoxy) is 1. The number of halogens is 1. The first-order valence-corrected chi connectivity index (χ1v) is 4.30. The molecule has 5 heteroatoms. The van der Waals surface area contributed by atoms with Gasteiger partial charge in [0.15, 0.2) is 0 Å². The topological polar surface area (TPSA) is 52.3 Å². The predicted molar refractivity (Wildman–Crippen MR) is 47.7 cm³/mol. The van der Waals surface area contributed by atoms with Crippen LogP contribution in [0.3, 0.4) is 0 Å². The summed E-state index contributed by atoms with van der Waals surface area (Å²) in [7, 11) is 2.13. The Morgan fingerprint density at radius 1 is 1.38 bits per heavy atom. The van der Waals surface area contributed by atoms with Crippen LogP contribution in [0, 0.1) is 0 Å². The first-order chi connectivity index (χ1) is 5.54. The fraction of sp³-hybridized carbons (Fsp3) is 0.875. The molecule has 0 rings (SSSR count). The zero-order valence-corrected chi connectivity index (χ0v) is 10.1. The zero-order valence-electron chi connectivity index (χ0n) is 8.55. The minimum Gasteiger partial charge on any atom is -1.00 e. The van der Waals surface area contributed by atoms with Crippen molar-refractivity contribution in [2.75, 3.05) is 33.3 Å². The lowest BCUT2D eigenvalue weighted by molar-refractivity contribution is -0.906. The van der Waals surface area contributed by atoms with Crippen LogP contribution in [-0.4, -0.2) is 43.9 Å². The highest BCUT2D eigenvalue weighted by Gasteiger charge is 2.15. The van der Waals surface area contributed by atoms with E-state index in [1.165, 1.54) is 0 Å². The van der Waals surface area contributed by atoms with Crippen molar-refractivity contribution in [2.45, 2.75) is 13.8 Å². The van der Waals surface area contributed by atoms with Gasteiger partial charge in [-0.2, -0.15) is 0 Å². The molecule has 0 saturated carbocycles. The second kappa shape index (κ2) is 7.15. The van der Waals surface area contributed by atoms with Crippen molar-refractivity contribution in [3.8, 4) is 0 Å². The first-order valence-electron chi connectivity index (χ1n) is 4.30. The van der Waals surface area contributed by atoms with Gasteiger partial charge in [0.25, 0.3) is 0 Å². The summed E-state index contributed by atoms with van der Waals surface area (Å²) < 4.78 is 5.57. The average molecular weight is 255 g/mol. The molecular weight excluding hydrogens is 236 g/mol. The number of nitrogens with zero attached hydrogens (tertiary/aromatic N) is 1. The highest BCUT2D eigenvalue weighted by atomic mass is 79.9.